The fourth-order valence-corrected chi connectivity index (χ4v) is 1.44. The summed E-state index contributed by atoms with van der Waals surface area (Å²) in [5.41, 5.74) is -0.233. The third kappa shape index (κ3) is 3.19. The summed E-state index contributed by atoms with van der Waals surface area (Å²) in [4.78, 5) is 0. The van der Waals surface area contributed by atoms with Gasteiger partial charge >= 0.3 is 0 Å². The van der Waals surface area contributed by atoms with Crippen molar-refractivity contribution in [1.29, 1.82) is 0 Å². The van der Waals surface area contributed by atoms with Gasteiger partial charge in [0.15, 0.2) is 0 Å². The zero-order valence-corrected chi connectivity index (χ0v) is 8.15. The SMILES string of the molecule is CC(NCC1(C)CCCO1)C(F)F. The molecule has 1 N–H and O–H groups in total. The molecule has 1 saturated heterocycles. The van der Waals surface area contributed by atoms with Crippen molar-refractivity contribution in [2.24, 2.45) is 0 Å². The van der Waals surface area contributed by atoms with Crippen molar-refractivity contribution in [2.75, 3.05) is 13.2 Å². The van der Waals surface area contributed by atoms with Gasteiger partial charge in [-0.2, -0.15) is 0 Å². The average molecular weight is 193 g/mol. The maximum atomic E-state index is 12.1. The Morgan fingerprint density at radius 2 is 2.23 bits per heavy atom. The van der Waals surface area contributed by atoms with Gasteiger partial charge in [0.05, 0.1) is 11.6 Å². The first-order chi connectivity index (χ1) is 6.03. The van der Waals surface area contributed by atoms with Crippen molar-refractivity contribution in [1.82, 2.24) is 5.32 Å². The van der Waals surface area contributed by atoms with Crippen LogP contribution in [0.2, 0.25) is 0 Å². The Balaban J connectivity index is 2.24. The molecule has 2 nitrogen and oxygen atoms in total. The summed E-state index contributed by atoms with van der Waals surface area (Å²) < 4.78 is 29.7. The molecule has 1 fully saturated rings. The molecule has 1 aliphatic rings. The van der Waals surface area contributed by atoms with Crippen LogP contribution in [0.25, 0.3) is 0 Å². The number of alkyl halides is 2. The quantitative estimate of drug-likeness (QED) is 0.735. The van der Waals surface area contributed by atoms with Gasteiger partial charge in [-0.3, -0.25) is 0 Å². The Morgan fingerprint density at radius 3 is 2.69 bits per heavy atom. The Labute approximate surface area is 77.6 Å². The first kappa shape index (κ1) is 10.9. The first-order valence-electron chi connectivity index (χ1n) is 4.69. The van der Waals surface area contributed by atoms with E-state index in [0.29, 0.717) is 6.54 Å². The van der Waals surface area contributed by atoms with Crippen molar-refractivity contribution in [2.45, 2.75) is 44.8 Å². The third-order valence-electron chi connectivity index (χ3n) is 2.48. The molecule has 1 heterocycles. The molecule has 2 atom stereocenters. The highest BCUT2D eigenvalue weighted by atomic mass is 19.3. The van der Waals surface area contributed by atoms with E-state index in [1.165, 1.54) is 6.92 Å². The number of ether oxygens (including phenoxy) is 1. The Kier molecular flexibility index (Phi) is 3.62. The first-order valence-corrected chi connectivity index (χ1v) is 4.69. The normalized spacial score (nSPS) is 31.2. The number of nitrogens with one attached hydrogen (secondary N) is 1. The summed E-state index contributed by atoms with van der Waals surface area (Å²) in [5, 5.41) is 2.79. The van der Waals surface area contributed by atoms with Crippen molar-refractivity contribution >= 4 is 0 Å². The van der Waals surface area contributed by atoms with Crippen LogP contribution in [0.3, 0.4) is 0 Å². The maximum absolute atomic E-state index is 12.1. The molecule has 1 rings (SSSR count). The van der Waals surface area contributed by atoms with Gasteiger partial charge in [-0.15, -0.1) is 0 Å². The molecular formula is C9H17F2NO. The van der Waals surface area contributed by atoms with Gasteiger partial charge in [0.1, 0.15) is 0 Å². The van der Waals surface area contributed by atoms with E-state index >= 15 is 0 Å². The Hall–Kier alpha value is -0.220. The second-order valence-electron chi connectivity index (χ2n) is 3.91. The van der Waals surface area contributed by atoms with Gasteiger partial charge < -0.3 is 10.1 Å². The third-order valence-corrected chi connectivity index (χ3v) is 2.48. The van der Waals surface area contributed by atoms with Crippen molar-refractivity contribution in [3.63, 3.8) is 0 Å². The van der Waals surface area contributed by atoms with Gasteiger partial charge in [0.25, 0.3) is 6.43 Å². The van der Waals surface area contributed by atoms with E-state index in [4.69, 9.17) is 4.74 Å². The highest BCUT2D eigenvalue weighted by Gasteiger charge is 2.30. The predicted octanol–water partition coefficient (Wildman–Crippen LogP) is 1.80. The summed E-state index contributed by atoms with van der Waals surface area (Å²) in [5.74, 6) is 0. The number of halogens is 2. The second kappa shape index (κ2) is 4.33. The largest absolute Gasteiger partial charge is 0.374 e. The summed E-state index contributed by atoms with van der Waals surface area (Å²) in [6, 6.07) is -0.749. The zero-order chi connectivity index (χ0) is 9.90. The van der Waals surface area contributed by atoms with Crippen LogP contribution in [-0.4, -0.2) is 31.2 Å². The van der Waals surface area contributed by atoms with Crippen LogP contribution in [0, 0.1) is 0 Å². The fraction of sp³-hybridized carbons (Fsp3) is 1.00. The van der Waals surface area contributed by atoms with Gasteiger partial charge in [0.2, 0.25) is 0 Å². The molecule has 0 spiro atoms. The molecule has 0 aromatic carbocycles. The molecule has 0 aliphatic carbocycles. The van der Waals surface area contributed by atoms with Crippen LogP contribution in [0.15, 0.2) is 0 Å². The number of rotatable bonds is 4. The minimum absolute atomic E-state index is 0.233. The lowest BCUT2D eigenvalue weighted by atomic mass is 10.0. The van der Waals surface area contributed by atoms with E-state index in [1.807, 2.05) is 6.92 Å². The minimum Gasteiger partial charge on any atom is -0.374 e. The standard InChI is InChI=1S/C9H17F2NO/c1-7(8(10)11)12-6-9(2)4-3-5-13-9/h7-8,12H,3-6H2,1-2H3. The maximum Gasteiger partial charge on any atom is 0.253 e. The molecule has 78 valence electrons. The Bertz CT molecular complexity index is 158. The summed E-state index contributed by atoms with van der Waals surface area (Å²) in [7, 11) is 0. The Morgan fingerprint density at radius 1 is 1.54 bits per heavy atom. The van der Waals surface area contributed by atoms with Crippen LogP contribution in [0.1, 0.15) is 26.7 Å². The molecule has 13 heavy (non-hydrogen) atoms. The van der Waals surface area contributed by atoms with Crippen LogP contribution in [-0.2, 0) is 4.74 Å². The average Bonchev–Trinajstić information content (AvgIpc) is 2.48. The summed E-state index contributed by atoms with van der Waals surface area (Å²) >= 11 is 0. The smallest absolute Gasteiger partial charge is 0.253 e. The van der Waals surface area contributed by atoms with Crippen LogP contribution in [0.4, 0.5) is 8.78 Å². The molecular weight excluding hydrogens is 176 g/mol. The lowest BCUT2D eigenvalue weighted by Crippen LogP contribution is -2.43. The molecule has 0 saturated carbocycles. The van der Waals surface area contributed by atoms with Crippen LogP contribution in [0.5, 0.6) is 0 Å². The molecule has 0 bridgehead atoms. The minimum atomic E-state index is -2.30. The highest BCUT2D eigenvalue weighted by Crippen LogP contribution is 2.24. The van der Waals surface area contributed by atoms with Gasteiger partial charge in [-0.1, -0.05) is 0 Å². The van der Waals surface area contributed by atoms with E-state index in [1.54, 1.807) is 0 Å². The topological polar surface area (TPSA) is 21.3 Å². The van der Waals surface area contributed by atoms with Gasteiger partial charge in [0, 0.05) is 13.2 Å². The zero-order valence-electron chi connectivity index (χ0n) is 8.15. The molecule has 2 unspecified atom stereocenters. The van der Waals surface area contributed by atoms with Crippen molar-refractivity contribution < 1.29 is 13.5 Å². The monoisotopic (exact) mass is 193 g/mol. The van der Waals surface area contributed by atoms with E-state index < -0.39 is 12.5 Å². The molecule has 0 amide bonds. The van der Waals surface area contributed by atoms with Crippen molar-refractivity contribution in [3.05, 3.63) is 0 Å². The molecule has 0 aromatic rings. The van der Waals surface area contributed by atoms with E-state index in [-0.39, 0.29) is 5.60 Å². The molecule has 1 aliphatic heterocycles. The lowest BCUT2D eigenvalue weighted by Gasteiger charge is -2.25. The second-order valence-corrected chi connectivity index (χ2v) is 3.91. The number of hydrogen-bond acceptors (Lipinski definition) is 2. The molecule has 0 radical (unpaired) electrons. The molecule has 4 heteroatoms. The number of hydrogen-bond donors (Lipinski definition) is 1. The van der Waals surface area contributed by atoms with Crippen LogP contribution >= 0.6 is 0 Å². The van der Waals surface area contributed by atoms with E-state index in [9.17, 15) is 8.78 Å². The van der Waals surface area contributed by atoms with E-state index in [0.717, 1.165) is 19.4 Å². The van der Waals surface area contributed by atoms with Gasteiger partial charge in [-0.25, -0.2) is 8.78 Å². The van der Waals surface area contributed by atoms with Crippen molar-refractivity contribution in [3.8, 4) is 0 Å². The van der Waals surface area contributed by atoms with Gasteiger partial charge in [-0.05, 0) is 26.7 Å². The summed E-state index contributed by atoms with van der Waals surface area (Å²) in [6.07, 6.45) is -0.318. The highest BCUT2D eigenvalue weighted by molar-refractivity contribution is 4.83. The van der Waals surface area contributed by atoms with E-state index in [2.05, 4.69) is 5.32 Å². The van der Waals surface area contributed by atoms with Crippen LogP contribution < -0.4 is 5.32 Å². The fourth-order valence-electron chi connectivity index (χ4n) is 1.44. The predicted molar refractivity (Wildman–Crippen MR) is 47.1 cm³/mol. The lowest BCUT2D eigenvalue weighted by molar-refractivity contribution is 0.0116. The summed E-state index contributed by atoms with van der Waals surface area (Å²) in [6.45, 7) is 4.72. The molecule has 0 aromatic heterocycles.